The fourth-order valence-electron chi connectivity index (χ4n) is 2.72. The van der Waals surface area contributed by atoms with Crippen molar-refractivity contribution in [2.24, 2.45) is 0 Å². The van der Waals surface area contributed by atoms with Crippen molar-refractivity contribution in [3.63, 3.8) is 0 Å². The predicted molar refractivity (Wildman–Crippen MR) is 81.6 cm³/mol. The first-order valence-electron chi connectivity index (χ1n) is 7.63. The molecular formula is C14H26N4S. The molecule has 2 rings (SSSR count). The zero-order valence-corrected chi connectivity index (χ0v) is 13.0. The molecule has 0 aromatic carbocycles. The molecule has 5 heteroatoms. The lowest BCUT2D eigenvalue weighted by Gasteiger charge is -2.34. The summed E-state index contributed by atoms with van der Waals surface area (Å²) in [6.45, 7) is 7.64. The molecule has 19 heavy (non-hydrogen) atoms. The SMILES string of the molecule is CCCNc1nnc(CN2CCCCC2CCC)s1. The number of aromatic nitrogens is 2. The number of rotatable bonds is 7. The third-order valence-electron chi connectivity index (χ3n) is 3.70. The van der Waals surface area contributed by atoms with E-state index in [0.29, 0.717) is 0 Å². The average molecular weight is 282 g/mol. The Kier molecular flexibility index (Phi) is 6.04. The molecule has 0 aliphatic carbocycles. The normalized spacial score (nSPS) is 20.6. The number of nitrogens with one attached hydrogen (secondary N) is 1. The van der Waals surface area contributed by atoms with Crippen molar-refractivity contribution in [2.45, 2.75) is 65.0 Å². The molecule has 0 radical (unpaired) electrons. The van der Waals surface area contributed by atoms with Gasteiger partial charge >= 0.3 is 0 Å². The lowest BCUT2D eigenvalue weighted by atomic mass is 9.98. The molecule has 0 saturated carbocycles. The number of nitrogens with zero attached hydrogens (tertiary/aromatic N) is 3. The van der Waals surface area contributed by atoms with E-state index in [1.165, 1.54) is 38.6 Å². The largest absolute Gasteiger partial charge is 0.360 e. The average Bonchev–Trinajstić information content (AvgIpc) is 2.87. The highest BCUT2D eigenvalue weighted by atomic mass is 32.1. The summed E-state index contributed by atoms with van der Waals surface area (Å²) in [5, 5.41) is 14.0. The Morgan fingerprint density at radius 2 is 2.16 bits per heavy atom. The van der Waals surface area contributed by atoms with Gasteiger partial charge < -0.3 is 5.32 Å². The van der Waals surface area contributed by atoms with Crippen LogP contribution < -0.4 is 5.32 Å². The van der Waals surface area contributed by atoms with E-state index in [-0.39, 0.29) is 0 Å². The molecule has 0 bridgehead atoms. The maximum absolute atomic E-state index is 4.32. The molecule has 108 valence electrons. The van der Waals surface area contributed by atoms with Gasteiger partial charge in [0.15, 0.2) is 0 Å². The second kappa shape index (κ2) is 7.80. The highest BCUT2D eigenvalue weighted by Gasteiger charge is 2.22. The van der Waals surface area contributed by atoms with E-state index in [0.717, 1.165) is 35.7 Å². The third-order valence-corrected chi connectivity index (χ3v) is 4.57. The van der Waals surface area contributed by atoms with E-state index in [1.807, 2.05) is 0 Å². The first-order valence-corrected chi connectivity index (χ1v) is 8.45. The summed E-state index contributed by atoms with van der Waals surface area (Å²) >= 11 is 1.71. The van der Waals surface area contributed by atoms with Crippen molar-refractivity contribution in [3.8, 4) is 0 Å². The molecule has 1 aliphatic heterocycles. The number of hydrogen-bond acceptors (Lipinski definition) is 5. The molecular weight excluding hydrogens is 256 g/mol. The fraction of sp³-hybridized carbons (Fsp3) is 0.857. The first-order chi connectivity index (χ1) is 9.33. The van der Waals surface area contributed by atoms with E-state index in [9.17, 15) is 0 Å². The van der Waals surface area contributed by atoms with Crippen LogP contribution in [-0.2, 0) is 6.54 Å². The number of piperidine rings is 1. The van der Waals surface area contributed by atoms with Gasteiger partial charge in [-0.25, -0.2) is 0 Å². The monoisotopic (exact) mass is 282 g/mol. The van der Waals surface area contributed by atoms with Crippen molar-refractivity contribution < 1.29 is 0 Å². The minimum absolute atomic E-state index is 0.759. The molecule has 2 heterocycles. The van der Waals surface area contributed by atoms with E-state index < -0.39 is 0 Å². The third kappa shape index (κ3) is 4.42. The molecule has 1 aliphatic rings. The highest BCUT2D eigenvalue weighted by Crippen LogP contribution is 2.24. The minimum Gasteiger partial charge on any atom is -0.360 e. The van der Waals surface area contributed by atoms with Crippen molar-refractivity contribution in [1.29, 1.82) is 0 Å². The summed E-state index contributed by atoms with van der Waals surface area (Å²) in [6.07, 6.45) is 7.80. The van der Waals surface area contributed by atoms with Crippen molar-refractivity contribution >= 4 is 16.5 Å². The van der Waals surface area contributed by atoms with E-state index in [4.69, 9.17) is 0 Å². The van der Waals surface area contributed by atoms with Gasteiger partial charge in [0.25, 0.3) is 0 Å². The maximum Gasteiger partial charge on any atom is 0.205 e. The van der Waals surface area contributed by atoms with Gasteiger partial charge in [-0.3, -0.25) is 4.90 Å². The maximum atomic E-state index is 4.32. The van der Waals surface area contributed by atoms with Crippen LogP contribution in [0.15, 0.2) is 0 Å². The summed E-state index contributed by atoms with van der Waals surface area (Å²) in [7, 11) is 0. The Balaban J connectivity index is 1.89. The van der Waals surface area contributed by atoms with Gasteiger partial charge in [-0.05, 0) is 32.2 Å². The van der Waals surface area contributed by atoms with E-state index in [1.54, 1.807) is 11.3 Å². The second-order valence-electron chi connectivity index (χ2n) is 5.34. The van der Waals surface area contributed by atoms with Crippen LogP contribution >= 0.6 is 11.3 Å². The molecule has 0 spiro atoms. The Labute approximate surface area is 120 Å². The van der Waals surface area contributed by atoms with Crippen LogP contribution in [0.1, 0.15) is 57.4 Å². The fourth-order valence-corrected chi connectivity index (χ4v) is 3.51. The minimum atomic E-state index is 0.759. The van der Waals surface area contributed by atoms with Crippen LogP contribution in [0.25, 0.3) is 0 Å². The van der Waals surface area contributed by atoms with Gasteiger partial charge in [-0.1, -0.05) is 38.0 Å². The smallest absolute Gasteiger partial charge is 0.205 e. The second-order valence-corrected chi connectivity index (χ2v) is 6.40. The predicted octanol–water partition coefficient (Wildman–Crippen LogP) is 3.51. The molecule has 1 saturated heterocycles. The Morgan fingerprint density at radius 1 is 1.26 bits per heavy atom. The van der Waals surface area contributed by atoms with Crippen LogP contribution in [-0.4, -0.2) is 34.2 Å². The van der Waals surface area contributed by atoms with Gasteiger partial charge in [0.05, 0.1) is 6.54 Å². The van der Waals surface area contributed by atoms with Crippen LogP contribution in [0.5, 0.6) is 0 Å². The summed E-state index contributed by atoms with van der Waals surface area (Å²) < 4.78 is 0. The van der Waals surface area contributed by atoms with Gasteiger partial charge in [0, 0.05) is 12.6 Å². The standard InChI is InChI=1S/C14H26N4S/c1-3-7-12-8-5-6-10-18(12)11-13-16-17-14(19-13)15-9-4-2/h12H,3-11H2,1-2H3,(H,15,17). The zero-order chi connectivity index (χ0) is 13.5. The van der Waals surface area contributed by atoms with Gasteiger partial charge in [-0.15, -0.1) is 10.2 Å². The summed E-state index contributed by atoms with van der Waals surface area (Å²) in [4.78, 5) is 2.61. The molecule has 1 atom stereocenters. The molecule has 4 nitrogen and oxygen atoms in total. The van der Waals surface area contributed by atoms with Crippen LogP contribution in [0, 0.1) is 0 Å². The summed E-state index contributed by atoms with van der Waals surface area (Å²) in [5.74, 6) is 0. The Hall–Kier alpha value is -0.680. The van der Waals surface area contributed by atoms with Gasteiger partial charge in [0.1, 0.15) is 5.01 Å². The van der Waals surface area contributed by atoms with Crippen LogP contribution in [0.3, 0.4) is 0 Å². The van der Waals surface area contributed by atoms with Crippen molar-refractivity contribution in [2.75, 3.05) is 18.4 Å². The lowest BCUT2D eigenvalue weighted by Crippen LogP contribution is -2.38. The molecule has 1 N–H and O–H groups in total. The Morgan fingerprint density at radius 3 is 2.95 bits per heavy atom. The highest BCUT2D eigenvalue weighted by molar-refractivity contribution is 7.15. The molecule has 1 fully saturated rings. The van der Waals surface area contributed by atoms with Crippen LogP contribution in [0.2, 0.25) is 0 Å². The van der Waals surface area contributed by atoms with E-state index in [2.05, 4.69) is 34.3 Å². The van der Waals surface area contributed by atoms with E-state index >= 15 is 0 Å². The molecule has 0 amide bonds. The summed E-state index contributed by atoms with van der Waals surface area (Å²) in [6, 6.07) is 0.759. The number of hydrogen-bond donors (Lipinski definition) is 1. The topological polar surface area (TPSA) is 41.1 Å². The molecule has 1 unspecified atom stereocenters. The van der Waals surface area contributed by atoms with Crippen molar-refractivity contribution in [1.82, 2.24) is 15.1 Å². The first kappa shape index (κ1) is 14.7. The zero-order valence-electron chi connectivity index (χ0n) is 12.2. The number of anilines is 1. The molecule has 1 aromatic heterocycles. The Bertz CT molecular complexity index is 364. The quantitative estimate of drug-likeness (QED) is 0.831. The van der Waals surface area contributed by atoms with Gasteiger partial charge in [0.2, 0.25) is 5.13 Å². The van der Waals surface area contributed by atoms with Crippen LogP contribution in [0.4, 0.5) is 5.13 Å². The number of likely N-dealkylation sites (tertiary alicyclic amines) is 1. The lowest BCUT2D eigenvalue weighted by molar-refractivity contribution is 0.131. The molecule has 1 aromatic rings. The van der Waals surface area contributed by atoms with Gasteiger partial charge in [-0.2, -0.15) is 0 Å². The van der Waals surface area contributed by atoms with Crippen molar-refractivity contribution in [3.05, 3.63) is 5.01 Å². The summed E-state index contributed by atoms with van der Waals surface area (Å²) in [5.41, 5.74) is 0.